The Morgan fingerprint density at radius 1 is 0.265 bits per heavy atom. The van der Waals surface area contributed by atoms with E-state index in [0.29, 0.717) is 31.6 Å². The van der Waals surface area contributed by atoms with Crippen molar-refractivity contribution in [1.82, 2.24) is 0 Å². The first-order valence-corrected chi connectivity index (χ1v) is 46.0. The monoisotopic (exact) mass is 1490 g/mol. The van der Waals surface area contributed by atoms with Gasteiger partial charge in [-0.15, -0.1) is 0 Å². The van der Waals surface area contributed by atoms with Gasteiger partial charge in [-0.3, -0.25) is 37.3 Å². The van der Waals surface area contributed by atoms with E-state index in [2.05, 4.69) is 41.5 Å². The maximum atomic E-state index is 13.1. The van der Waals surface area contributed by atoms with Crippen molar-refractivity contribution >= 4 is 39.5 Å². The first-order valence-electron chi connectivity index (χ1n) is 43.0. The molecule has 0 heterocycles. The number of phosphoric ester groups is 2. The number of carbonyl (C=O) groups excluding carboxylic acids is 4. The number of ether oxygens (including phenoxy) is 4. The van der Waals surface area contributed by atoms with E-state index < -0.39 is 97.5 Å². The molecule has 0 amide bonds. The largest absolute Gasteiger partial charge is 0.472 e. The molecule has 0 aromatic heterocycles. The van der Waals surface area contributed by atoms with Crippen LogP contribution in [0, 0.1) is 11.8 Å². The van der Waals surface area contributed by atoms with Crippen molar-refractivity contribution in [2.24, 2.45) is 11.8 Å². The quantitative estimate of drug-likeness (QED) is 0.0222. The molecule has 0 saturated carbocycles. The van der Waals surface area contributed by atoms with Gasteiger partial charge in [0.1, 0.15) is 19.3 Å². The summed E-state index contributed by atoms with van der Waals surface area (Å²) in [5.74, 6) is -0.591. The Balaban J connectivity index is 5.19. The van der Waals surface area contributed by atoms with Gasteiger partial charge >= 0.3 is 39.5 Å². The van der Waals surface area contributed by atoms with Crippen LogP contribution in [0.25, 0.3) is 0 Å². The van der Waals surface area contributed by atoms with Gasteiger partial charge in [0.15, 0.2) is 12.2 Å². The second-order valence-corrected chi connectivity index (χ2v) is 33.7. The fraction of sp³-hybridized carbons (Fsp3) is 0.952. The van der Waals surface area contributed by atoms with Gasteiger partial charge in [0, 0.05) is 25.7 Å². The van der Waals surface area contributed by atoms with Gasteiger partial charge in [-0.25, -0.2) is 9.13 Å². The Labute approximate surface area is 626 Å². The smallest absolute Gasteiger partial charge is 0.462 e. The normalized spacial score (nSPS) is 13.9. The molecule has 19 heteroatoms. The summed E-state index contributed by atoms with van der Waals surface area (Å²) in [6, 6.07) is 0. The molecular formula is C83H162O17P2. The summed E-state index contributed by atoms with van der Waals surface area (Å²) in [5, 5.41) is 10.6. The third-order valence-corrected chi connectivity index (χ3v) is 21.4. The fourth-order valence-electron chi connectivity index (χ4n) is 12.9. The zero-order valence-electron chi connectivity index (χ0n) is 66.9. The van der Waals surface area contributed by atoms with E-state index in [4.69, 9.17) is 37.0 Å². The minimum absolute atomic E-state index is 0.106. The molecule has 0 rings (SSSR count). The number of carbonyl (C=O) groups is 4. The second-order valence-electron chi connectivity index (χ2n) is 30.8. The predicted octanol–water partition coefficient (Wildman–Crippen LogP) is 25.1. The first-order chi connectivity index (χ1) is 49.4. The number of hydrogen-bond donors (Lipinski definition) is 3. The van der Waals surface area contributed by atoms with Crippen LogP contribution >= 0.6 is 15.6 Å². The lowest BCUT2D eigenvalue weighted by atomic mass is 10.0. The molecule has 3 N–H and O–H groups in total. The van der Waals surface area contributed by atoms with E-state index in [1.54, 1.807) is 0 Å². The van der Waals surface area contributed by atoms with Crippen LogP contribution in [0.5, 0.6) is 0 Å². The summed E-state index contributed by atoms with van der Waals surface area (Å²) in [7, 11) is -9.92. The molecular weight excluding hydrogens is 1330 g/mol. The van der Waals surface area contributed by atoms with Gasteiger partial charge in [0.25, 0.3) is 0 Å². The van der Waals surface area contributed by atoms with E-state index in [1.807, 2.05) is 0 Å². The summed E-state index contributed by atoms with van der Waals surface area (Å²) in [6.45, 7) is 9.61. The minimum Gasteiger partial charge on any atom is -0.462 e. The highest BCUT2D eigenvalue weighted by Crippen LogP contribution is 2.45. The average molecular weight is 1490 g/mol. The number of esters is 4. The first kappa shape index (κ1) is 100. The number of hydrogen-bond acceptors (Lipinski definition) is 15. The molecule has 0 radical (unpaired) electrons. The lowest BCUT2D eigenvalue weighted by Crippen LogP contribution is -2.30. The average Bonchev–Trinajstić information content (AvgIpc) is 1.05. The third kappa shape index (κ3) is 76.3. The molecule has 102 heavy (non-hydrogen) atoms. The molecule has 606 valence electrons. The topological polar surface area (TPSA) is 237 Å². The maximum absolute atomic E-state index is 13.1. The molecule has 0 saturated heterocycles. The Bertz CT molecular complexity index is 1960. The van der Waals surface area contributed by atoms with Crippen LogP contribution in [-0.2, 0) is 65.4 Å². The molecule has 0 spiro atoms. The Hall–Kier alpha value is -1.94. The SMILES string of the molecule is CCCCCCCCCCCCCCCCCCCCCCCCC(=O)O[C@H](COC(=O)CCCCCCCCCCCCCCCCCCC(C)C)COP(=O)(O)OC[C@@H](O)COP(=O)(O)OC[C@@H](COC(=O)CCCCCCCCCC(C)C)OC(=O)CCCCCCCCCCCCC. The predicted molar refractivity (Wildman–Crippen MR) is 418 cm³/mol. The van der Waals surface area contributed by atoms with Crippen molar-refractivity contribution in [2.45, 2.75) is 458 Å². The molecule has 17 nitrogen and oxygen atoms in total. The van der Waals surface area contributed by atoms with E-state index in [-0.39, 0.29) is 25.7 Å². The number of aliphatic hydroxyl groups is 1. The van der Waals surface area contributed by atoms with Gasteiger partial charge in [-0.2, -0.15) is 0 Å². The summed E-state index contributed by atoms with van der Waals surface area (Å²) in [5.41, 5.74) is 0. The van der Waals surface area contributed by atoms with Gasteiger partial charge < -0.3 is 33.8 Å². The zero-order chi connectivity index (χ0) is 74.9. The van der Waals surface area contributed by atoms with Gasteiger partial charge in [0.2, 0.25) is 0 Å². The van der Waals surface area contributed by atoms with E-state index in [1.165, 1.54) is 250 Å². The molecule has 0 aliphatic carbocycles. The molecule has 0 aliphatic rings. The van der Waals surface area contributed by atoms with Crippen LogP contribution in [0.4, 0.5) is 0 Å². The Morgan fingerprint density at radius 3 is 0.667 bits per heavy atom. The third-order valence-electron chi connectivity index (χ3n) is 19.5. The highest BCUT2D eigenvalue weighted by Gasteiger charge is 2.30. The number of phosphoric acid groups is 2. The maximum Gasteiger partial charge on any atom is 0.472 e. The van der Waals surface area contributed by atoms with Gasteiger partial charge in [-0.05, 0) is 37.5 Å². The molecule has 0 aromatic rings. The molecule has 0 aromatic carbocycles. The van der Waals surface area contributed by atoms with E-state index in [9.17, 15) is 43.2 Å². The van der Waals surface area contributed by atoms with Crippen molar-refractivity contribution in [2.75, 3.05) is 39.6 Å². The lowest BCUT2D eigenvalue weighted by molar-refractivity contribution is -0.161. The summed E-state index contributed by atoms with van der Waals surface area (Å²) < 4.78 is 68.7. The molecule has 0 aliphatic heterocycles. The zero-order valence-corrected chi connectivity index (χ0v) is 68.7. The van der Waals surface area contributed by atoms with E-state index in [0.717, 1.165) is 102 Å². The van der Waals surface area contributed by atoms with Crippen molar-refractivity contribution < 1.29 is 80.2 Å². The standard InChI is InChI=1S/C83H162O17P2/c1-7-9-11-13-15-17-19-20-21-22-23-24-25-26-27-32-35-39-43-49-56-62-68-83(88)99-78(71-93-80(85)65-59-53-47-41-38-34-31-29-28-30-33-37-40-45-51-57-63-75(3)4)73-97-101(89,90)95-69-77(84)70-96-102(91,92)98-74-79(72-94-81(86)66-60-54-50-44-46-52-58-64-76(5)6)100-82(87)67-61-55-48-42-36-18-16-14-12-10-8-2/h75-79,84H,7-74H2,1-6H3,(H,89,90)(H,91,92)/t77-,78-,79-/m1/s1. The van der Waals surface area contributed by atoms with Crippen molar-refractivity contribution in [1.29, 1.82) is 0 Å². The van der Waals surface area contributed by atoms with Crippen LogP contribution in [0.15, 0.2) is 0 Å². The minimum atomic E-state index is -4.96. The number of unbranched alkanes of at least 4 members (excludes halogenated alkanes) is 52. The fourth-order valence-corrected chi connectivity index (χ4v) is 14.5. The van der Waals surface area contributed by atoms with Gasteiger partial charge in [0.05, 0.1) is 26.4 Å². The summed E-state index contributed by atoms with van der Waals surface area (Å²) >= 11 is 0. The molecule has 0 bridgehead atoms. The number of rotatable bonds is 82. The second kappa shape index (κ2) is 74.5. The van der Waals surface area contributed by atoms with Crippen LogP contribution in [0.3, 0.4) is 0 Å². The Morgan fingerprint density at radius 2 is 0.451 bits per heavy atom. The van der Waals surface area contributed by atoms with Crippen LogP contribution in [0.1, 0.15) is 440 Å². The molecule has 2 unspecified atom stereocenters. The van der Waals surface area contributed by atoms with Crippen LogP contribution in [-0.4, -0.2) is 96.7 Å². The lowest BCUT2D eigenvalue weighted by Gasteiger charge is -2.21. The summed E-state index contributed by atoms with van der Waals surface area (Å²) in [4.78, 5) is 73.0. The van der Waals surface area contributed by atoms with Crippen molar-refractivity contribution in [3.05, 3.63) is 0 Å². The Kier molecular flexibility index (Phi) is 73.1. The van der Waals surface area contributed by atoms with E-state index >= 15 is 0 Å². The highest BCUT2D eigenvalue weighted by molar-refractivity contribution is 7.47. The van der Waals surface area contributed by atoms with Crippen molar-refractivity contribution in [3.63, 3.8) is 0 Å². The molecule has 0 fully saturated rings. The van der Waals surface area contributed by atoms with Crippen molar-refractivity contribution in [3.8, 4) is 0 Å². The molecule has 5 atom stereocenters. The number of aliphatic hydroxyl groups excluding tert-OH is 1. The summed E-state index contributed by atoms with van der Waals surface area (Å²) in [6.07, 6.45) is 65.5. The van der Waals surface area contributed by atoms with Gasteiger partial charge in [-0.1, -0.05) is 388 Å². The highest BCUT2D eigenvalue weighted by atomic mass is 31.2. The van der Waals surface area contributed by atoms with Crippen LogP contribution in [0.2, 0.25) is 0 Å². The van der Waals surface area contributed by atoms with Crippen LogP contribution < -0.4 is 0 Å².